The van der Waals surface area contributed by atoms with Crippen molar-refractivity contribution in [3.8, 4) is 0 Å². The zero-order valence-electron chi connectivity index (χ0n) is 16.4. The van der Waals surface area contributed by atoms with Crippen LogP contribution in [0.3, 0.4) is 0 Å². The van der Waals surface area contributed by atoms with Crippen molar-refractivity contribution in [2.45, 2.75) is 52.9 Å². The van der Waals surface area contributed by atoms with Crippen molar-refractivity contribution in [3.63, 3.8) is 0 Å². The second-order valence-corrected chi connectivity index (χ2v) is 6.59. The zero-order valence-corrected chi connectivity index (χ0v) is 16.4. The number of fused-ring (bicyclic) bond motifs is 1. The minimum absolute atomic E-state index is 0.000690. The predicted molar refractivity (Wildman–Crippen MR) is 103 cm³/mol. The molecule has 0 atom stereocenters. The highest BCUT2D eigenvalue weighted by molar-refractivity contribution is 5.98. The molecule has 0 aliphatic heterocycles. The third-order valence-electron chi connectivity index (χ3n) is 4.51. The van der Waals surface area contributed by atoms with Gasteiger partial charge in [-0.15, -0.1) is 0 Å². The molecule has 2 rings (SSSR count). The lowest BCUT2D eigenvalue weighted by Crippen LogP contribution is -2.25. The number of unbranched alkanes of at least 4 members (excludes halogenated alkanes) is 1. The summed E-state index contributed by atoms with van der Waals surface area (Å²) in [7, 11) is 0. The number of hydrogen-bond acceptors (Lipinski definition) is 5. The van der Waals surface area contributed by atoms with Crippen LogP contribution in [0, 0.1) is 13.8 Å². The number of aromatic nitrogens is 3. The van der Waals surface area contributed by atoms with Crippen molar-refractivity contribution in [2.75, 3.05) is 19.8 Å². The fourth-order valence-electron chi connectivity index (χ4n) is 2.92. The van der Waals surface area contributed by atoms with Crippen LogP contribution in [0.1, 0.15) is 59.9 Å². The van der Waals surface area contributed by atoms with Crippen LogP contribution < -0.4 is 11.1 Å². The smallest absolute Gasteiger partial charge is 0.254 e. The molecule has 0 unspecified atom stereocenters. The molecule has 148 valence electrons. The number of carbonyl (C=O) groups is 2. The molecule has 27 heavy (non-hydrogen) atoms. The van der Waals surface area contributed by atoms with Gasteiger partial charge >= 0.3 is 0 Å². The molecule has 2 aromatic rings. The van der Waals surface area contributed by atoms with Gasteiger partial charge in [0.05, 0.1) is 6.20 Å². The maximum absolute atomic E-state index is 12.1. The molecule has 0 aliphatic rings. The van der Waals surface area contributed by atoms with E-state index in [4.69, 9.17) is 10.5 Å². The number of carbonyl (C=O) groups excluding carboxylic acids is 2. The van der Waals surface area contributed by atoms with Crippen LogP contribution >= 0.6 is 0 Å². The Balaban J connectivity index is 1.87. The number of nitrogens with one attached hydrogen (secondary N) is 1. The second-order valence-electron chi connectivity index (χ2n) is 6.59. The van der Waals surface area contributed by atoms with Crippen molar-refractivity contribution < 1.29 is 14.3 Å². The van der Waals surface area contributed by atoms with Crippen LogP contribution in [-0.4, -0.2) is 46.2 Å². The molecular weight excluding hydrogens is 346 g/mol. The van der Waals surface area contributed by atoms with Crippen LogP contribution in [0.15, 0.2) is 6.20 Å². The van der Waals surface area contributed by atoms with E-state index >= 15 is 0 Å². The van der Waals surface area contributed by atoms with Crippen LogP contribution in [0.2, 0.25) is 0 Å². The molecule has 0 saturated carbocycles. The normalized spacial score (nSPS) is 11.1. The average molecular weight is 375 g/mol. The predicted octanol–water partition coefficient (Wildman–Crippen LogP) is 1.70. The van der Waals surface area contributed by atoms with E-state index in [0.29, 0.717) is 37.2 Å². The third kappa shape index (κ3) is 5.50. The zero-order chi connectivity index (χ0) is 19.8. The molecule has 8 nitrogen and oxygen atoms in total. The van der Waals surface area contributed by atoms with Crippen LogP contribution in [0.5, 0.6) is 0 Å². The van der Waals surface area contributed by atoms with E-state index in [0.717, 1.165) is 42.8 Å². The summed E-state index contributed by atoms with van der Waals surface area (Å²) in [5, 5.41) is 7.11. The van der Waals surface area contributed by atoms with E-state index < -0.39 is 5.91 Å². The fraction of sp³-hybridized carbons (Fsp3) is 0.579. The van der Waals surface area contributed by atoms with Crippen LogP contribution in [0.4, 0.5) is 0 Å². The van der Waals surface area contributed by atoms with E-state index in [1.165, 1.54) is 6.20 Å². The number of rotatable bonds is 11. The van der Waals surface area contributed by atoms with Gasteiger partial charge in [0, 0.05) is 37.6 Å². The lowest BCUT2D eigenvalue weighted by Gasteiger charge is -2.11. The lowest BCUT2D eigenvalue weighted by atomic mass is 10.1. The summed E-state index contributed by atoms with van der Waals surface area (Å²) in [5.41, 5.74) is 8.71. The summed E-state index contributed by atoms with van der Waals surface area (Å²) in [4.78, 5) is 28.0. The number of ether oxygens (including phenoxy) is 1. The number of hydrogen-bond donors (Lipinski definition) is 2. The Morgan fingerprint density at radius 1 is 1.26 bits per heavy atom. The Morgan fingerprint density at radius 2 is 2.00 bits per heavy atom. The molecule has 0 saturated heterocycles. The van der Waals surface area contributed by atoms with Gasteiger partial charge in [-0.1, -0.05) is 13.3 Å². The molecule has 0 fully saturated rings. The largest absolute Gasteiger partial charge is 0.381 e. The molecule has 0 radical (unpaired) electrons. The summed E-state index contributed by atoms with van der Waals surface area (Å²) in [6.45, 7) is 7.96. The highest BCUT2D eigenvalue weighted by atomic mass is 16.5. The van der Waals surface area contributed by atoms with Crippen molar-refractivity contribution in [3.05, 3.63) is 28.7 Å². The number of primary amides is 1. The number of amides is 2. The first-order valence-electron chi connectivity index (χ1n) is 9.43. The van der Waals surface area contributed by atoms with Gasteiger partial charge in [0.25, 0.3) is 5.91 Å². The Kier molecular flexibility index (Phi) is 7.72. The second kappa shape index (κ2) is 10.0. The van der Waals surface area contributed by atoms with Gasteiger partial charge in [-0.2, -0.15) is 5.10 Å². The van der Waals surface area contributed by atoms with Crippen molar-refractivity contribution >= 4 is 17.5 Å². The molecule has 0 spiro atoms. The summed E-state index contributed by atoms with van der Waals surface area (Å²) in [5.74, 6) is -0.553. The van der Waals surface area contributed by atoms with E-state index in [2.05, 4.69) is 22.3 Å². The van der Waals surface area contributed by atoms with Crippen LogP contribution in [-0.2, 0) is 16.0 Å². The van der Waals surface area contributed by atoms with Gasteiger partial charge in [0.2, 0.25) is 5.91 Å². The van der Waals surface area contributed by atoms with E-state index in [-0.39, 0.29) is 5.91 Å². The molecule has 0 aliphatic carbocycles. The summed E-state index contributed by atoms with van der Waals surface area (Å²) in [6.07, 6.45) is 5.36. The van der Waals surface area contributed by atoms with E-state index in [1.54, 1.807) is 4.52 Å². The Morgan fingerprint density at radius 3 is 2.70 bits per heavy atom. The Labute approximate surface area is 159 Å². The van der Waals surface area contributed by atoms with Gasteiger partial charge in [0.1, 0.15) is 5.56 Å². The van der Waals surface area contributed by atoms with Crippen molar-refractivity contribution in [2.24, 2.45) is 5.73 Å². The minimum Gasteiger partial charge on any atom is -0.381 e. The maximum Gasteiger partial charge on any atom is 0.254 e. The highest BCUT2D eigenvalue weighted by Gasteiger charge is 2.17. The van der Waals surface area contributed by atoms with Gasteiger partial charge in [-0.3, -0.25) is 9.59 Å². The minimum atomic E-state index is -0.554. The molecule has 0 bridgehead atoms. The van der Waals surface area contributed by atoms with Gasteiger partial charge in [-0.25, -0.2) is 9.50 Å². The van der Waals surface area contributed by atoms with E-state index in [1.807, 2.05) is 13.8 Å². The first kappa shape index (κ1) is 20.8. The molecule has 0 aromatic carbocycles. The van der Waals surface area contributed by atoms with E-state index in [9.17, 15) is 9.59 Å². The summed E-state index contributed by atoms with van der Waals surface area (Å²) >= 11 is 0. The SMILES string of the molecule is CCCCOCCCNC(=O)CCc1c(C)nc2c(C(N)=O)cnn2c1C. The molecule has 3 N–H and O–H groups in total. The summed E-state index contributed by atoms with van der Waals surface area (Å²) in [6, 6.07) is 0. The quantitative estimate of drug-likeness (QED) is 0.581. The molecule has 2 heterocycles. The lowest BCUT2D eigenvalue weighted by molar-refractivity contribution is -0.121. The Bertz CT molecular complexity index is 800. The first-order chi connectivity index (χ1) is 13.0. The highest BCUT2D eigenvalue weighted by Crippen LogP contribution is 2.18. The Hall–Kier alpha value is -2.48. The average Bonchev–Trinajstić information content (AvgIpc) is 3.05. The van der Waals surface area contributed by atoms with Gasteiger partial charge < -0.3 is 15.8 Å². The maximum atomic E-state index is 12.1. The first-order valence-corrected chi connectivity index (χ1v) is 9.43. The molecule has 2 amide bonds. The van der Waals surface area contributed by atoms with Crippen molar-refractivity contribution in [1.29, 1.82) is 0 Å². The topological polar surface area (TPSA) is 112 Å². The van der Waals surface area contributed by atoms with Crippen LogP contribution in [0.25, 0.3) is 5.65 Å². The van der Waals surface area contributed by atoms with Gasteiger partial charge in [-0.05, 0) is 38.7 Å². The number of aryl methyl sites for hydroxylation is 2. The standard InChI is InChI=1S/C19H29N5O3/c1-4-5-10-27-11-6-9-21-17(25)8-7-15-13(2)23-19-16(18(20)26)12-22-24(19)14(15)3/h12H,4-11H2,1-3H3,(H2,20,26)(H,21,25). The molecular formula is C19H29N5O3. The third-order valence-corrected chi connectivity index (χ3v) is 4.51. The van der Waals surface area contributed by atoms with Gasteiger partial charge in [0.15, 0.2) is 5.65 Å². The summed E-state index contributed by atoms with van der Waals surface area (Å²) < 4.78 is 7.08. The van der Waals surface area contributed by atoms with Crippen molar-refractivity contribution in [1.82, 2.24) is 19.9 Å². The number of nitrogens with two attached hydrogens (primary N) is 1. The molecule has 8 heteroatoms. The molecule has 2 aromatic heterocycles. The number of nitrogens with zero attached hydrogens (tertiary/aromatic N) is 3. The monoisotopic (exact) mass is 375 g/mol. The fourth-order valence-corrected chi connectivity index (χ4v) is 2.92.